The number of methoxy groups -OCH3 is 1. The van der Waals surface area contributed by atoms with E-state index in [4.69, 9.17) is 4.74 Å². The van der Waals surface area contributed by atoms with Gasteiger partial charge >= 0.3 is 0 Å². The Bertz CT molecular complexity index is 975. The van der Waals surface area contributed by atoms with Gasteiger partial charge in [-0.15, -0.1) is 11.3 Å². The van der Waals surface area contributed by atoms with Gasteiger partial charge < -0.3 is 10.1 Å². The van der Waals surface area contributed by atoms with Crippen LogP contribution in [0.4, 0.5) is 10.9 Å². The standard InChI is InChI=1S/C15H13N5OS/c1-8-7-22-15(17-8)19-14-13-11(6-16-20-13)10-5-9(21-2)3-4-12(10)18-14/h3-7H,1-2H3,(H,16,20)(H,17,18,19). The van der Waals surface area contributed by atoms with Gasteiger partial charge in [0.05, 0.1) is 24.5 Å². The lowest BCUT2D eigenvalue weighted by Crippen LogP contribution is -1.96. The molecule has 0 aliphatic carbocycles. The Labute approximate surface area is 130 Å². The molecular weight excluding hydrogens is 298 g/mol. The molecule has 4 aromatic rings. The Balaban J connectivity index is 1.92. The predicted octanol–water partition coefficient (Wildman–Crippen LogP) is 3.63. The fourth-order valence-electron chi connectivity index (χ4n) is 2.41. The summed E-state index contributed by atoms with van der Waals surface area (Å²) in [4.78, 5) is 9.10. The molecule has 3 aromatic heterocycles. The first-order valence-electron chi connectivity index (χ1n) is 6.74. The zero-order chi connectivity index (χ0) is 15.1. The predicted molar refractivity (Wildman–Crippen MR) is 88.1 cm³/mol. The van der Waals surface area contributed by atoms with Crippen molar-refractivity contribution in [3.05, 3.63) is 35.5 Å². The van der Waals surface area contributed by atoms with Crippen molar-refractivity contribution < 1.29 is 4.74 Å². The molecule has 6 nitrogen and oxygen atoms in total. The van der Waals surface area contributed by atoms with Gasteiger partial charge in [0.2, 0.25) is 0 Å². The van der Waals surface area contributed by atoms with Gasteiger partial charge in [-0.05, 0) is 25.1 Å². The van der Waals surface area contributed by atoms with Crippen LogP contribution in [-0.4, -0.2) is 27.3 Å². The van der Waals surface area contributed by atoms with Gasteiger partial charge in [0, 0.05) is 16.2 Å². The molecule has 0 unspecified atom stereocenters. The number of aromatic nitrogens is 4. The molecule has 0 fully saturated rings. The van der Waals surface area contributed by atoms with Crippen molar-refractivity contribution in [3.63, 3.8) is 0 Å². The summed E-state index contributed by atoms with van der Waals surface area (Å²) in [6.45, 7) is 1.97. The molecule has 7 heteroatoms. The highest BCUT2D eigenvalue weighted by molar-refractivity contribution is 7.13. The van der Waals surface area contributed by atoms with Gasteiger partial charge in [-0.3, -0.25) is 5.10 Å². The zero-order valence-electron chi connectivity index (χ0n) is 12.0. The van der Waals surface area contributed by atoms with E-state index in [1.807, 2.05) is 30.5 Å². The summed E-state index contributed by atoms with van der Waals surface area (Å²) < 4.78 is 5.29. The topological polar surface area (TPSA) is 75.7 Å². The number of nitrogens with one attached hydrogen (secondary N) is 2. The third-order valence-electron chi connectivity index (χ3n) is 3.45. The van der Waals surface area contributed by atoms with Crippen LogP contribution >= 0.6 is 11.3 Å². The fourth-order valence-corrected chi connectivity index (χ4v) is 3.09. The maximum Gasteiger partial charge on any atom is 0.188 e. The van der Waals surface area contributed by atoms with Gasteiger partial charge in [-0.1, -0.05) is 0 Å². The van der Waals surface area contributed by atoms with Gasteiger partial charge in [0.1, 0.15) is 11.3 Å². The molecule has 0 aliphatic rings. The van der Waals surface area contributed by atoms with E-state index in [2.05, 4.69) is 25.5 Å². The Morgan fingerprint density at radius 1 is 1.23 bits per heavy atom. The van der Waals surface area contributed by atoms with E-state index < -0.39 is 0 Å². The Hall–Kier alpha value is -2.67. The minimum absolute atomic E-state index is 0.722. The lowest BCUT2D eigenvalue weighted by atomic mass is 10.1. The van der Waals surface area contributed by atoms with E-state index in [1.54, 1.807) is 24.6 Å². The van der Waals surface area contributed by atoms with Crippen molar-refractivity contribution in [2.75, 3.05) is 12.4 Å². The van der Waals surface area contributed by atoms with Crippen molar-refractivity contribution in [1.29, 1.82) is 0 Å². The zero-order valence-corrected chi connectivity index (χ0v) is 12.9. The molecule has 0 atom stereocenters. The average molecular weight is 311 g/mol. The van der Waals surface area contributed by atoms with Gasteiger partial charge in [-0.25, -0.2) is 9.97 Å². The van der Waals surface area contributed by atoms with E-state index in [1.165, 1.54) is 0 Å². The van der Waals surface area contributed by atoms with Crippen molar-refractivity contribution in [2.45, 2.75) is 6.92 Å². The lowest BCUT2D eigenvalue weighted by molar-refractivity contribution is 0.415. The summed E-state index contributed by atoms with van der Waals surface area (Å²) in [6, 6.07) is 5.81. The lowest BCUT2D eigenvalue weighted by Gasteiger charge is -2.07. The number of anilines is 2. The summed E-state index contributed by atoms with van der Waals surface area (Å²) in [7, 11) is 1.65. The molecule has 2 N–H and O–H groups in total. The second kappa shape index (κ2) is 4.96. The molecule has 0 saturated heterocycles. The summed E-state index contributed by atoms with van der Waals surface area (Å²) in [5.41, 5.74) is 2.72. The summed E-state index contributed by atoms with van der Waals surface area (Å²) in [5.74, 6) is 1.52. The number of nitrogens with zero attached hydrogens (tertiary/aromatic N) is 3. The second-order valence-corrected chi connectivity index (χ2v) is 5.78. The molecule has 0 amide bonds. The summed E-state index contributed by atoms with van der Waals surface area (Å²) in [6.07, 6.45) is 1.80. The number of H-pyrrole nitrogens is 1. The molecule has 0 aliphatic heterocycles. The van der Waals surface area contributed by atoms with Gasteiger partial charge in [-0.2, -0.15) is 5.10 Å². The molecule has 0 saturated carbocycles. The van der Waals surface area contributed by atoms with Crippen LogP contribution < -0.4 is 10.1 Å². The highest BCUT2D eigenvalue weighted by atomic mass is 32.1. The number of thiazole rings is 1. The number of ether oxygens (including phenoxy) is 1. The van der Waals surface area contributed by atoms with Crippen molar-refractivity contribution in [1.82, 2.24) is 20.2 Å². The minimum atomic E-state index is 0.722. The SMILES string of the molecule is COc1ccc2nc(Nc3nc(C)cs3)c3[nH]ncc3c2c1. The van der Waals surface area contributed by atoms with Crippen LogP contribution in [-0.2, 0) is 0 Å². The Kier molecular flexibility index (Phi) is 2.93. The molecule has 22 heavy (non-hydrogen) atoms. The van der Waals surface area contributed by atoms with E-state index in [-0.39, 0.29) is 0 Å². The highest BCUT2D eigenvalue weighted by Crippen LogP contribution is 2.32. The molecule has 110 valence electrons. The molecule has 0 spiro atoms. The van der Waals surface area contributed by atoms with Crippen LogP contribution in [0.5, 0.6) is 5.75 Å². The van der Waals surface area contributed by atoms with E-state index >= 15 is 0 Å². The van der Waals surface area contributed by atoms with E-state index in [9.17, 15) is 0 Å². The molecule has 0 radical (unpaired) electrons. The quantitative estimate of drug-likeness (QED) is 0.604. The third-order valence-corrected chi connectivity index (χ3v) is 4.32. The minimum Gasteiger partial charge on any atom is -0.497 e. The number of benzene rings is 1. The number of rotatable bonds is 3. The molecule has 0 bridgehead atoms. The largest absolute Gasteiger partial charge is 0.497 e. The average Bonchev–Trinajstić information content (AvgIpc) is 3.16. The van der Waals surface area contributed by atoms with E-state index in [0.29, 0.717) is 0 Å². The first-order chi connectivity index (χ1) is 10.7. The van der Waals surface area contributed by atoms with Gasteiger partial charge in [0.15, 0.2) is 10.9 Å². The van der Waals surface area contributed by atoms with Crippen molar-refractivity contribution in [3.8, 4) is 5.75 Å². The second-order valence-electron chi connectivity index (χ2n) is 4.92. The number of pyridine rings is 1. The molecule has 4 rings (SSSR count). The van der Waals surface area contributed by atoms with Crippen LogP contribution in [0, 0.1) is 6.92 Å². The normalized spacial score (nSPS) is 11.2. The van der Waals surface area contributed by atoms with Crippen LogP contribution in [0.1, 0.15) is 5.69 Å². The van der Waals surface area contributed by atoms with Crippen molar-refractivity contribution in [2.24, 2.45) is 0 Å². The molecule has 3 heterocycles. The molecule has 1 aromatic carbocycles. The molecular formula is C15H13N5OS. The third kappa shape index (κ3) is 2.06. The smallest absolute Gasteiger partial charge is 0.188 e. The highest BCUT2D eigenvalue weighted by Gasteiger charge is 2.12. The number of fused-ring (bicyclic) bond motifs is 3. The Morgan fingerprint density at radius 2 is 2.14 bits per heavy atom. The number of hydrogen-bond acceptors (Lipinski definition) is 6. The first-order valence-corrected chi connectivity index (χ1v) is 7.62. The monoisotopic (exact) mass is 311 g/mol. The van der Waals surface area contributed by atoms with Crippen LogP contribution in [0.15, 0.2) is 29.8 Å². The Morgan fingerprint density at radius 3 is 2.91 bits per heavy atom. The van der Waals surface area contributed by atoms with Crippen LogP contribution in [0.2, 0.25) is 0 Å². The van der Waals surface area contributed by atoms with Crippen molar-refractivity contribution >= 4 is 44.1 Å². The summed E-state index contributed by atoms with van der Waals surface area (Å²) >= 11 is 1.55. The fraction of sp³-hybridized carbons (Fsp3) is 0.133. The number of aromatic amines is 1. The maximum absolute atomic E-state index is 5.29. The maximum atomic E-state index is 5.29. The van der Waals surface area contributed by atoms with Crippen LogP contribution in [0.25, 0.3) is 21.8 Å². The number of aryl methyl sites for hydroxylation is 1. The number of hydrogen-bond donors (Lipinski definition) is 2. The van der Waals surface area contributed by atoms with E-state index in [0.717, 1.165) is 44.2 Å². The summed E-state index contributed by atoms with van der Waals surface area (Å²) in [5, 5.41) is 15.2. The van der Waals surface area contributed by atoms with Crippen LogP contribution in [0.3, 0.4) is 0 Å². The van der Waals surface area contributed by atoms with Gasteiger partial charge in [0.25, 0.3) is 0 Å². The first kappa shape index (κ1) is 13.0.